The first-order chi connectivity index (χ1) is 18.0. The molecule has 0 aliphatic carbocycles. The second-order valence-corrected chi connectivity index (χ2v) is 9.29. The molecule has 37 heavy (non-hydrogen) atoms. The van der Waals surface area contributed by atoms with E-state index in [1.165, 1.54) is 6.08 Å². The van der Waals surface area contributed by atoms with Crippen LogP contribution in [0.15, 0.2) is 64.1 Å². The van der Waals surface area contributed by atoms with Gasteiger partial charge in [0.2, 0.25) is 11.8 Å². The number of carbonyl (C=O) groups excluding carboxylic acids is 3. The van der Waals surface area contributed by atoms with Crippen LogP contribution in [0, 0.1) is 0 Å². The highest BCUT2D eigenvalue weighted by Gasteiger charge is 2.26. The number of nitrogens with zero attached hydrogens (tertiary/aromatic N) is 4. The minimum atomic E-state index is -0.469. The smallest absolute Gasteiger partial charge is 0.321 e. The Morgan fingerprint density at radius 3 is 2.73 bits per heavy atom. The number of imide groups is 1. The Morgan fingerprint density at radius 1 is 1.11 bits per heavy atom. The molecule has 2 saturated heterocycles. The van der Waals surface area contributed by atoms with E-state index >= 15 is 0 Å². The molecule has 0 radical (unpaired) electrons. The van der Waals surface area contributed by atoms with E-state index in [1.807, 2.05) is 35.2 Å². The van der Waals surface area contributed by atoms with E-state index in [0.717, 1.165) is 17.4 Å². The molecule has 12 heteroatoms. The summed E-state index contributed by atoms with van der Waals surface area (Å²) in [6.45, 7) is 2.36. The second kappa shape index (κ2) is 11.2. The van der Waals surface area contributed by atoms with Gasteiger partial charge in [0, 0.05) is 37.9 Å². The van der Waals surface area contributed by atoms with Gasteiger partial charge in [0.1, 0.15) is 12.4 Å². The van der Waals surface area contributed by atoms with Crippen molar-refractivity contribution in [3.63, 3.8) is 0 Å². The number of urea groups is 1. The van der Waals surface area contributed by atoms with Gasteiger partial charge in [-0.25, -0.2) is 9.78 Å². The van der Waals surface area contributed by atoms with Crippen molar-refractivity contribution in [1.29, 1.82) is 0 Å². The van der Waals surface area contributed by atoms with Crippen molar-refractivity contribution in [2.24, 2.45) is 0 Å². The molecule has 0 bridgehead atoms. The van der Waals surface area contributed by atoms with Crippen LogP contribution in [-0.4, -0.2) is 58.2 Å². The van der Waals surface area contributed by atoms with E-state index in [4.69, 9.17) is 9.15 Å². The Labute approximate surface area is 216 Å². The van der Waals surface area contributed by atoms with E-state index < -0.39 is 11.1 Å². The Hall–Kier alpha value is -4.32. The van der Waals surface area contributed by atoms with Crippen LogP contribution in [-0.2, 0) is 11.4 Å². The first-order valence-electron chi connectivity index (χ1n) is 11.7. The molecule has 11 nitrogen and oxygen atoms in total. The number of benzene rings is 1. The maximum Gasteiger partial charge on any atom is 0.321 e. The number of hydrogen-bond acceptors (Lipinski definition) is 9. The number of amides is 4. The van der Waals surface area contributed by atoms with Crippen LogP contribution in [0.5, 0.6) is 5.88 Å². The Balaban J connectivity index is 1.33. The number of nitrogens with one attached hydrogen (secondary N) is 2. The van der Waals surface area contributed by atoms with Crippen molar-refractivity contribution in [2.45, 2.75) is 13.0 Å². The monoisotopic (exact) mass is 520 g/mol. The zero-order chi connectivity index (χ0) is 25.6. The molecule has 2 N–H and O–H groups in total. The van der Waals surface area contributed by atoms with Gasteiger partial charge >= 0.3 is 6.03 Å². The van der Waals surface area contributed by atoms with Crippen molar-refractivity contribution >= 4 is 46.7 Å². The normalized spacial score (nSPS) is 17.0. The van der Waals surface area contributed by atoms with Crippen molar-refractivity contribution in [3.8, 4) is 5.88 Å². The van der Waals surface area contributed by atoms with Crippen LogP contribution < -0.4 is 20.3 Å². The first-order valence-corrected chi connectivity index (χ1v) is 12.5. The summed E-state index contributed by atoms with van der Waals surface area (Å²) in [5, 5.41) is 4.73. The van der Waals surface area contributed by atoms with Crippen LogP contribution in [0.3, 0.4) is 0 Å². The van der Waals surface area contributed by atoms with E-state index in [1.54, 1.807) is 29.4 Å². The fourth-order valence-corrected chi connectivity index (χ4v) is 4.53. The molecule has 0 spiro atoms. The van der Waals surface area contributed by atoms with Crippen molar-refractivity contribution in [2.75, 3.05) is 36.4 Å². The lowest BCUT2D eigenvalue weighted by Crippen LogP contribution is -2.38. The largest absolute Gasteiger partial charge is 0.469 e. The first kappa shape index (κ1) is 24.4. The van der Waals surface area contributed by atoms with Gasteiger partial charge in [-0.3, -0.25) is 14.9 Å². The van der Waals surface area contributed by atoms with Gasteiger partial charge in [-0.15, -0.1) is 0 Å². The fraction of sp³-hybridized carbons (Fsp3) is 0.240. The topological polar surface area (TPSA) is 130 Å². The minimum absolute atomic E-state index is 0.163. The average molecular weight is 521 g/mol. The Morgan fingerprint density at radius 2 is 1.97 bits per heavy atom. The standard InChI is InChI=1S/C25H24N6O5S/c32-22-20(37-25(34)29-22)14-18-15-21(36-16-19-8-4-13-35-19)28-23(26-18)30-9-5-10-31(12-11-30)24(33)27-17-6-2-1-3-7-17/h1-4,6-8,13-15H,5,9-12,16H2,(H,27,33)(H,29,32,34)/b20-14+. The SMILES string of the molecule is O=C1NC(=O)/C(=C\c2cc(OCc3ccco3)nc(N3CCCN(C(=O)Nc4ccccc4)CC3)n2)S1. The highest BCUT2D eigenvalue weighted by Crippen LogP contribution is 2.27. The summed E-state index contributed by atoms with van der Waals surface area (Å²) in [4.78, 5) is 49.6. The summed E-state index contributed by atoms with van der Waals surface area (Å²) in [6.07, 6.45) is 3.81. The molecule has 3 aromatic rings. The molecule has 1 aromatic carbocycles. The number of carbonyl (C=O) groups is 3. The lowest BCUT2D eigenvalue weighted by atomic mass is 10.3. The number of furan rings is 1. The summed E-state index contributed by atoms with van der Waals surface area (Å²) in [7, 11) is 0. The van der Waals surface area contributed by atoms with Crippen LogP contribution in [0.1, 0.15) is 17.9 Å². The summed E-state index contributed by atoms with van der Waals surface area (Å²) >= 11 is 0.815. The summed E-state index contributed by atoms with van der Waals surface area (Å²) < 4.78 is 11.2. The molecule has 0 unspecified atom stereocenters. The molecule has 2 fully saturated rings. The highest BCUT2D eigenvalue weighted by molar-refractivity contribution is 8.18. The Kier molecular flexibility index (Phi) is 7.36. The van der Waals surface area contributed by atoms with E-state index in [2.05, 4.69) is 20.6 Å². The van der Waals surface area contributed by atoms with Crippen LogP contribution >= 0.6 is 11.8 Å². The van der Waals surface area contributed by atoms with Gasteiger partial charge in [-0.05, 0) is 48.5 Å². The lowest BCUT2D eigenvalue weighted by Gasteiger charge is -2.23. The maximum atomic E-state index is 12.8. The molecule has 2 aliphatic rings. The molecule has 0 saturated carbocycles. The van der Waals surface area contributed by atoms with Crippen molar-refractivity contribution < 1.29 is 23.5 Å². The van der Waals surface area contributed by atoms with Gasteiger partial charge in [0.05, 0.1) is 16.9 Å². The molecular formula is C25H24N6O5S. The summed E-state index contributed by atoms with van der Waals surface area (Å²) in [5.41, 5.74) is 1.16. The van der Waals surface area contributed by atoms with Gasteiger partial charge < -0.3 is 24.3 Å². The van der Waals surface area contributed by atoms with Gasteiger partial charge in [0.25, 0.3) is 11.1 Å². The Bertz CT molecular complexity index is 1310. The summed E-state index contributed by atoms with van der Waals surface area (Å²) in [5.74, 6) is 0.865. The van der Waals surface area contributed by atoms with Gasteiger partial charge in [0.15, 0.2) is 0 Å². The maximum absolute atomic E-state index is 12.8. The van der Waals surface area contributed by atoms with Crippen molar-refractivity contribution in [1.82, 2.24) is 20.2 Å². The molecule has 5 rings (SSSR count). The quantitative estimate of drug-likeness (QED) is 0.467. The zero-order valence-electron chi connectivity index (χ0n) is 19.8. The number of ether oxygens (including phenoxy) is 1. The third-order valence-electron chi connectivity index (χ3n) is 5.67. The van der Waals surface area contributed by atoms with Crippen LogP contribution in [0.4, 0.5) is 21.2 Å². The fourth-order valence-electron chi connectivity index (χ4n) is 3.86. The van der Waals surface area contributed by atoms with Crippen LogP contribution in [0.2, 0.25) is 0 Å². The third-order valence-corrected chi connectivity index (χ3v) is 6.48. The molecule has 2 aliphatic heterocycles. The highest BCUT2D eigenvalue weighted by atomic mass is 32.2. The average Bonchev–Trinajstić information content (AvgIpc) is 3.44. The third kappa shape index (κ3) is 6.28. The van der Waals surface area contributed by atoms with Gasteiger partial charge in [-0.1, -0.05) is 18.2 Å². The number of aromatic nitrogens is 2. The van der Waals surface area contributed by atoms with Crippen molar-refractivity contribution in [3.05, 3.63) is 71.2 Å². The number of thioether (sulfide) groups is 1. The number of hydrogen-bond donors (Lipinski definition) is 2. The second-order valence-electron chi connectivity index (χ2n) is 8.28. The number of rotatable bonds is 6. The molecule has 2 aromatic heterocycles. The number of para-hydroxylation sites is 1. The molecule has 4 amide bonds. The molecule has 190 valence electrons. The molecule has 4 heterocycles. The van der Waals surface area contributed by atoms with E-state index in [9.17, 15) is 14.4 Å². The molecular weight excluding hydrogens is 496 g/mol. The van der Waals surface area contributed by atoms with Crippen LogP contribution in [0.25, 0.3) is 6.08 Å². The summed E-state index contributed by atoms with van der Waals surface area (Å²) in [6, 6.07) is 14.3. The molecule has 0 atom stereocenters. The predicted molar refractivity (Wildman–Crippen MR) is 138 cm³/mol. The van der Waals surface area contributed by atoms with E-state index in [-0.39, 0.29) is 17.5 Å². The lowest BCUT2D eigenvalue weighted by molar-refractivity contribution is -0.115. The van der Waals surface area contributed by atoms with Gasteiger partial charge in [-0.2, -0.15) is 4.98 Å². The number of anilines is 2. The predicted octanol–water partition coefficient (Wildman–Crippen LogP) is 3.72. The zero-order valence-corrected chi connectivity index (χ0v) is 20.6. The van der Waals surface area contributed by atoms with E-state index in [0.29, 0.717) is 55.9 Å². The minimum Gasteiger partial charge on any atom is -0.469 e.